The first kappa shape index (κ1) is 21.6. The Morgan fingerprint density at radius 3 is 2.33 bits per heavy atom. The van der Waals surface area contributed by atoms with Crippen LogP contribution in [0.25, 0.3) is 11.1 Å². The van der Waals surface area contributed by atoms with E-state index in [4.69, 9.17) is 0 Å². The fourth-order valence-electron chi connectivity index (χ4n) is 4.00. The molecule has 5 nitrogen and oxygen atoms in total. The highest BCUT2D eigenvalue weighted by molar-refractivity contribution is 7.91. The van der Waals surface area contributed by atoms with Crippen molar-refractivity contribution in [3.63, 3.8) is 0 Å². The zero-order valence-electron chi connectivity index (χ0n) is 17.8. The van der Waals surface area contributed by atoms with Crippen LogP contribution in [-0.2, 0) is 23.0 Å². The number of sulfonamides is 1. The number of anilines is 1. The highest BCUT2D eigenvalue weighted by atomic mass is 32.2. The van der Waals surface area contributed by atoms with E-state index in [1.165, 1.54) is 15.6 Å². The number of hydrogen-bond donors (Lipinski definition) is 1. The molecular weight excluding hydrogens is 452 g/mol. The van der Waals surface area contributed by atoms with Crippen LogP contribution in [0, 0.1) is 0 Å². The summed E-state index contributed by atoms with van der Waals surface area (Å²) in [6.45, 7) is 0.748. The minimum Gasteiger partial charge on any atom is -0.322 e. The summed E-state index contributed by atoms with van der Waals surface area (Å²) in [5, 5.41) is 4.71. The molecule has 0 atom stereocenters. The van der Waals surface area contributed by atoms with Crippen LogP contribution in [0.15, 0.2) is 94.5 Å². The first-order valence-electron chi connectivity index (χ1n) is 10.6. The first-order valence-corrected chi connectivity index (χ1v) is 12.9. The van der Waals surface area contributed by atoms with E-state index < -0.39 is 10.0 Å². The summed E-state index contributed by atoms with van der Waals surface area (Å²) in [7, 11) is -3.50. The second kappa shape index (κ2) is 8.94. The molecule has 1 N–H and O–H groups in total. The zero-order valence-corrected chi connectivity index (χ0v) is 19.4. The minimum atomic E-state index is -3.50. The monoisotopic (exact) mass is 474 g/mol. The van der Waals surface area contributed by atoms with E-state index in [-0.39, 0.29) is 5.91 Å². The molecule has 7 heteroatoms. The third kappa shape index (κ3) is 4.48. The van der Waals surface area contributed by atoms with E-state index in [0.29, 0.717) is 35.0 Å². The molecule has 0 saturated heterocycles. The van der Waals surface area contributed by atoms with Crippen LogP contribution in [-0.4, -0.2) is 25.2 Å². The lowest BCUT2D eigenvalue weighted by Crippen LogP contribution is -2.35. The number of rotatable bonds is 5. The van der Waals surface area contributed by atoms with Crippen LogP contribution >= 0.6 is 11.3 Å². The van der Waals surface area contributed by atoms with Gasteiger partial charge in [-0.2, -0.15) is 4.31 Å². The summed E-state index contributed by atoms with van der Waals surface area (Å²) in [6.07, 6.45) is 0.648. The quantitative estimate of drug-likeness (QED) is 0.420. The van der Waals surface area contributed by atoms with E-state index >= 15 is 0 Å². The smallest absolute Gasteiger partial charge is 0.255 e. The largest absolute Gasteiger partial charge is 0.322 e. The number of hydrogen-bond acceptors (Lipinski definition) is 4. The van der Waals surface area contributed by atoms with Crippen LogP contribution in [0.3, 0.4) is 0 Å². The second-order valence-electron chi connectivity index (χ2n) is 7.90. The fraction of sp³-hybridized carbons (Fsp3) is 0.115. The van der Waals surface area contributed by atoms with Gasteiger partial charge < -0.3 is 5.32 Å². The van der Waals surface area contributed by atoms with Crippen LogP contribution in [0.2, 0.25) is 0 Å². The Labute approximate surface area is 197 Å². The van der Waals surface area contributed by atoms with E-state index in [1.54, 1.807) is 17.5 Å². The normalized spacial score (nSPS) is 13.9. The summed E-state index contributed by atoms with van der Waals surface area (Å²) in [4.78, 5) is 12.8. The molecule has 1 amide bonds. The van der Waals surface area contributed by atoms with Crippen molar-refractivity contribution >= 4 is 33.0 Å². The molecule has 0 spiro atoms. The summed E-state index contributed by atoms with van der Waals surface area (Å²) in [6, 6.07) is 26.6. The van der Waals surface area contributed by atoms with Gasteiger partial charge in [0.15, 0.2) is 0 Å². The van der Waals surface area contributed by atoms with Gasteiger partial charge in [-0.3, -0.25) is 4.79 Å². The lowest BCUT2D eigenvalue weighted by molar-refractivity contribution is 0.102. The SMILES string of the molecule is O=C(Nc1ccc2c(c1)CN(S(=O)(=O)c1cccs1)CC2)c1ccc(-c2ccccc2)cc1. The van der Waals surface area contributed by atoms with Crippen LogP contribution in [0.5, 0.6) is 0 Å². The molecule has 0 fully saturated rings. The van der Waals surface area contributed by atoms with Gasteiger partial charge in [-0.25, -0.2) is 8.42 Å². The molecule has 1 aliphatic heterocycles. The lowest BCUT2D eigenvalue weighted by Gasteiger charge is -2.28. The van der Waals surface area contributed by atoms with E-state index in [0.717, 1.165) is 22.3 Å². The second-order valence-corrected chi connectivity index (χ2v) is 11.0. The van der Waals surface area contributed by atoms with Crippen molar-refractivity contribution in [2.75, 3.05) is 11.9 Å². The molecule has 1 aliphatic rings. The first-order chi connectivity index (χ1) is 16.0. The van der Waals surface area contributed by atoms with Gasteiger partial charge in [0.05, 0.1) is 0 Å². The van der Waals surface area contributed by atoms with Gasteiger partial charge in [0.25, 0.3) is 15.9 Å². The van der Waals surface area contributed by atoms with Crippen molar-refractivity contribution in [2.45, 2.75) is 17.2 Å². The summed E-state index contributed by atoms with van der Waals surface area (Å²) in [5.74, 6) is -0.201. The number of nitrogens with zero attached hydrogens (tertiary/aromatic N) is 1. The van der Waals surface area contributed by atoms with Crippen molar-refractivity contribution in [1.29, 1.82) is 0 Å². The van der Waals surface area contributed by atoms with Gasteiger partial charge in [-0.1, -0.05) is 54.6 Å². The molecule has 33 heavy (non-hydrogen) atoms. The average Bonchev–Trinajstić information content (AvgIpc) is 3.40. The molecule has 0 bridgehead atoms. The molecule has 4 aromatic rings. The Morgan fingerprint density at radius 1 is 0.848 bits per heavy atom. The highest BCUT2D eigenvalue weighted by Gasteiger charge is 2.29. The molecule has 0 radical (unpaired) electrons. The molecule has 3 aromatic carbocycles. The lowest BCUT2D eigenvalue weighted by atomic mass is 10.0. The van der Waals surface area contributed by atoms with E-state index in [1.807, 2.05) is 72.8 Å². The predicted octanol–water partition coefficient (Wildman–Crippen LogP) is 5.41. The standard InChI is InChI=1S/C26H22N2O3S2/c29-26(22-10-8-20(9-11-22)19-5-2-1-3-6-19)27-24-13-12-21-14-15-28(18-23(21)17-24)33(30,31)25-7-4-16-32-25/h1-13,16-17H,14-15,18H2,(H,27,29). The third-order valence-electron chi connectivity index (χ3n) is 5.78. The molecule has 2 heterocycles. The van der Waals surface area contributed by atoms with Gasteiger partial charge in [-0.15, -0.1) is 11.3 Å². The van der Waals surface area contributed by atoms with Gasteiger partial charge in [-0.05, 0) is 64.4 Å². The number of fused-ring (bicyclic) bond motifs is 1. The molecular formula is C26H22N2O3S2. The van der Waals surface area contributed by atoms with E-state index in [9.17, 15) is 13.2 Å². The van der Waals surface area contributed by atoms with E-state index in [2.05, 4.69) is 5.32 Å². The maximum absolute atomic E-state index is 12.9. The Hall–Kier alpha value is -3.26. The predicted molar refractivity (Wildman–Crippen MR) is 132 cm³/mol. The Morgan fingerprint density at radius 2 is 1.61 bits per heavy atom. The number of carbonyl (C=O) groups excluding carboxylic acids is 1. The summed E-state index contributed by atoms with van der Waals surface area (Å²) in [5.41, 5.74) is 5.39. The van der Waals surface area contributed by atoms with Gasteiger partial charge in [0.2, 0.25) is 0 Å². The topological polar surface area (TPSA) is 66.5 Å². The number of benzene rings is 3. The minimum absolute atomic E-state index is 0.201. The summed E-state index contributed by atoms with van der Waals surface area (Å²) < 4.78 is 27.7. The Balaban J connectivity index is 1.31. The van der Waals surface area contributed by atoms with Crippen LogP contribution < -0.4 is 5.32 Å². The third-order valence-corrected chi connectivity index (χ3v) is 9.00. The highest BCUT2D eigenvalue weighted by Crippen LogP contribution is 2.29. The Kier molecular flexibility index (Phi) is 5.85. The molecule has 0 saturated carbocycles. The van der Waals surface area contributed by atoms with Crippen molar-refractivity contribution in [3.05, 3.63) is 107 Å². The van der Waals surface area contributed by atoms with Crippen LogP contribution in [0.1, 0.15) is 21.5 Å². The van der Waals surface area contributed by atoms with Gasteiger partial charge in [0.1, 0.15) is 4.21 Å². The number of carbonyl (C=O) groups is 1. The van der Waals surface area contributed by atoms with Crippen molar-refractivity contribution in [1.82, 2.24) is 4.31 Å². The maximum atomic E-state index is 12.9. The molecule has 166 valence electrons. The average molecular weight is 475 g/mol. The molecule has 5 rings (SSSR count). The fourth-order valence-corrected chi connectivity index (χ4v) is 6.56. The Bertz CT molecular complexity index is 1380. The molecule has 0 aliphatic carbocycles. The van der Waals surface area contributed by atoms with Gasteiger partial charge in [0, 0.05) is 24.3 Å². The van der Waals surface area contributed by atoms with Gasteiger partial charge >= 0.3 is 0 Å². The van der Waals surface area contributed by atoms with Crippen LogP contribution in [0.4, 0.5) is 5.69 Å². The summed E-state index contributed by atoms with van der Waals surface area (Å²) >= 11 is 1.23. The molecule has 1 aromatic heterocycles. The molecule has 0 unspecified atom stereocenters. The number of thiophene rings is 1. The van der Waals surface area contributed by atoms with Crippen molar-refractivity contribution in [2.24, 2.45) is 0 Å². The number of nitrogens with one attached hydrogen (secondary N) is 1. The van der Waals surface area contributed by atoms with Crippen molar-refractivity contribution < 1.29 is 13.2 Å². The van der Waals surface area contributed by atoms with Crippen molar-refractivity contribution in [3.8, 4) is 11.1 Å². The maximum Gasteiger partial charge on any atom is 0.255 e. The zero-order chi connectivity index (χ0) is 22.8. The number of amides is 1.